The van der Waals surface area contributed by atoms with Crippen molar-refractivity contribution in [3.05, 3.63) is 131 Å². The summed E-state index contributed by atoms with van der Waals surface area (Å²) < 4.78 is 64.2. The molecule has 5 aromatic carbocycles. The third-order valence-corrected chi connectivity index (χ3v) is 11.6. The van der Waals surface area contributed by atoms with Gasteiger partial charge in [0.1, 0.15) is 21.3 Å². The largest absolute Gasteiger partial charge is 0.379 e. The predicted molar refractivity (Wildman–Crippen MR) is 229 cm³/mol. The standard InChI is InChI=1S/C44H50N4O8S2/c1-27(2)31-18-32(28(3)4)21-37(20-31)47-43(49)45-35-12-9-14-39(24-35)55-57(51,52)41-16-11-17-42(26-41)58(53,54)56-40-15-10-13-36(25-40)46-44(50)48-38-22-33(29(5)6)19-34(23-38)30(7)8/h9-30H,1-8H3,(H2,45,47,49)(H2,46,48,50). The SMILES string of the molecule is CC(C)c1cc(NC(=O)Nc2cccc(OS(=O)(=O)c3cccc(S(=O)(=O)Oc4cccc(NC(=O)Nc5cc(C(C)C)cc(C(C)C)c5)c4)c3)c2)cc(C(C)C)c1. The molecule has 12 nitrogen and oxygen atoms in total. The summed E-state index contributed by atoms with van der Waals surface area (Å²) in [5, 5.41) is 11.1. The second-order valence-corrected chi connectivity index (χ2v) is 18.3. The summed E-state index contributed by atoms with van der Waals surface area (Å²) in [7, 11) is -9.11. The van der Waals surface area contributed by atoms with Gasteiger partial charge in [0.15, 0.2) is 0 Å². The molecule has 4 N–H and O–H groups in total. The molecule has 0 saturated carbocycles. The van der Waals surface area contributed by atoms with E-state index in [4.69, 9.17) is 8.37 Å². The minimum Gasteiger partial charge on any atom is -0.379 e. The molecule has 306 valence electrons. The van der Waals surface area contributed by atoms with Gasteiger partial charge in [0.25, 0.3) is 0 Å². The van der Waals surface area contributed by atoms with Crippen molar-refractivity contribution in [1.82, 2.24) is 0 Å². The van der Waals surface area contributed by atoms with E-state index in [-0.39, 0.29) is 46.5 Å². The Morgan fingerprint density at radius 3 is 1.05 bits per heavy atom. The molecule has 58 heavy (non-hydrogen) atoms. The van der Waals surface area contributed by atoms with Crippen LogP contribution in [0.25, 0.3) is 0 Å². The molecular formula is C44H50N4O8S2. The maximum atomic E-state index is 13.4. The molecule has 0 bridgehead atoms. The minimum absolute atomic E-state index is 0.118. The quantitative estimate of drug-likeness (QED) is 0.0802. The second kappa shape index (κ2) is 18.2. The van der Waals surface area contributed by atoms with Crippen LogP contribution in [0.3, 0.4) is 0 Å². The van der Waals surface area contributed by atoms with Crippen LogP contribution in [0.15, 0.2) is 119 Å². The summed E-state index contributed by atoms with van der Waals surface area (Å²) in [4.78, 5) is 25.0. The molecule has 0 saturated heterocycles. The van der Waals surface area contributed by atoms with Gasteiger partial charge in [-0.2, -0.15) is 16.8 Å². The molecule has 0 aromatic heterocycles. The molecule has 5 rings (SSSR count). The molecule has 0 atom stereocenters. The number of rotatable bonds is 14. The summed E-state index contributed by atoms with van der Waals surface area (Å²) >= 11 is 0. The number of urea groups is 2. The first-order valence-corrected chi connectivity index (χ1v) is 21.7. The lowest BCUT2D eigenvalue weighted by atomic mass is 9.95. The number of amides is 4. The molecule has 0 radical (unpaired) electrons. The topological polar surface area (TPSA) is 169 Å². The van der Waals surface area contributed by atoms with Crippen LogP contribution in [-0.4, -0.2) is 28.9 Å². The Balaban J connectivity index is 1.24. The first kappa shape index (κ1) is 43.3. The molecule has 0 unspecified atom stereocenters. The van der Waals surface area contributed by atoms with Gasteiger partial charge in [-0.3, -0.25) is 0 Å². The first-order chi connectivity index (χ1) is 27.3. The Hall–Kier alpha value is -5.86. The fourth-order valence-electron chi connectivity index (χ4n) is 5.80. The summed E-state index contributed by atoms with van der Waals surface area (Å²) in [6.07, 6.45) is 0. The Kier molecular flexibility index (Phi) is 13.5. The molecular weight excluding hydrogens is 777 g/mol. The van der Waals surface area contributed by atoms with E-state index < -0.39 is 42.1 Å². The Morgan fingerprint density at radius 1 is 0.414 bits per heavy atom. The van der Waals surface area contributed by atoms with Crippen molar-refractivity contribution in [1.29, 1.82) is 0 Å². The van der Waals surface area contributed by atoms with E-state index >= 15 is 0 Å². The monoisotopic (exact) mass is 826 g/mol. The normalized spacial score (nSPS) is 11.8. The molecule has 5 aromatic rings. The number of hydrogen-bond donors (Lipinski definition) is 4. The van der Waals surface area contributed by atoms with Crippen molar-refractivity contribution in [2.75, 3.05) is 21.3 Å². The summed E-state index contributed by atoms with van der Waals surface area (Å²) in [6, 6.07) is 26.9. The van der Waals surface area contributed by atoms with Crippen molar-refractivity contribution in [2.45, 2.75) is 88.9 Å². The highest BCUT2D eigenvalue weighted by molar-refractivity contribution is 7.88. The molecule has 0 aliphatic rings. The van der Waals surface area contributed by atoms with Crippen LogP contribution in [0.2, 0.25) is 0 Å². The van der Waals surface area contributed by atoms with Gasteiger partial charge in [-0.15, -0.1) is 0 Å². The number of benzene rings is 5. The molecule has 0 aliphatic carbocycles. The number of carbonyl (C=O) groups excluding carboxylic acids is 2. The van der Waals surface area contributed by atoms with Crippen LogP contribution in [0, 0.1) is 0 Å². The van der Waals surface area contributed by atoms with Crippen LogP contribution in [-0.2, 0) is 20.2 Å². The van der Waals surface area contributed by atoms with Crippen molar-refractivity contribution in [3.63, 3.8) is 0 Å². The van der Waals surface area contributed by atoms with E-state index in [9.17, 15) is 26.4 Å². The average Bonchev–Trinajstić information content (AvgIpc) is 3.14. The zero-order valence-corrected chi connectivity index (χ0v) is 35.4. The van der Waals surface area contributed by atoms with Crippen LogP contribution in [0.5, 0.6) is 11.5 Å². The number of nitrogens with one attached hydrogen (secondary N) is 4. The van der Waals surface area contributed by atoms with Crippen molar-refractivity contribution in [2.24, 2.45) is 0 Å². The molecule has 0 fully saturated rings. The van der Waals surface area contributed by atoms with E-state index in [0.717, 1.165) is 28.3 Å². The fourth-order valence-corrected chi connectivity index (χ4v) is 7.82. The van der Waals surface area contributed by atoms with Gasteiger partial charge >= 0.3 is 32.3 Å². The fraction of sp³-hybridized carbons (Fsp3) is 0.273. The zero-order chi connectivity index (χ0) is 42.4. The lowest BCUT2D eigenvalue weighted by Gasteiger charge is -2.15. The summed E-state index contributed by atoms with van der Waals surface area (Å²) in [5.74, 6) is 0.782. The molecule has 4 amide bonds. The molecule has 0 spiro atoms. The van der Waals surface area contributed by atoms with Crippen LogP contribution in [0.4, 0.5) is 32.3 Å². The smallest absolute Gasteiger partial charge is 0.339 e. The van der Waals surface area contributed by atoms with Crippen LogP contribution >= 0.6 is 0 Å². The molecule has 0 aliphatic heterocycles. The van der Waals surface area contributed by atoms with Crippen molar-refractivity contribution >= 4 is 55.0 Å². The minimum atomic E-state index is -4.55. The van der Waals surface area contributed by atoms with Crippen LogP contribution < -0.4 is 29.6 Å². The highest BCUT2D eigenvalue weighted by atomic mass is 32.2. The first-order valence-electron chi connectivity index (χ1n) is 18.9. The number of hydrogen-bond acceptors (Lipinski definition) is 8. The average molecular weight is 827 g/mol. The van der Waals surface area contributed by atoms with Gasteiger partial charge < -0.3 is 29.6 Å². The Morgan fingerprint density at radius 2 is 0.724 bits per heavy atom. The second-order valence-electron chi connectivity index (χ2n) is 15.2. The Labute approximate surface area is 341 Å². The van der Waals surface area contributed by atoms with Crippen LogP contribution in [0.1, 0.15) is 101 Å². The van der Waals surface area contributed by atoms with E-state index in [1.165, 1.54) is 54.6 Å². The third-order valence-electron chi connectivity index (χ3n) is 9.12. The highest BCUT2D eigenvalue weighted by Gasteiger charge is 2.23. The number of carbonyl (C=O) groups is 2. The van der Waals surface area contributed by atoms with E-state index in [1.54, 1.807) is 12.1 Å². The maximum Gasteiger partial charge on any atom is 0.339 e. The van der Waals surface area contributed by atoms with Gasteiger partial charge in [0, 0.05) is 34.9 Å². The highest BCUT2D eigenvalue weighted by Crippen LogP contribution is 2.30. The van der Waals surface area contributed by atoms with Gasteiger partial charge in [0.2, 0.25) is 0 Å². The van der Waals surface area contributed by atoms with Crippen molar-refractivity contribution < 1.29 is 34.8 Å². The van der Waals surface area contributed by atoms with E-state index in [2.05, 4.69) is 88.8 Å². The Bertz CT molecular complexity index is 2290. The lowest BCUT2D eigenvalue weighted by molar-refractivity contribution is 0.261. The lowest BCUT2D eigenvalue weighted by Crippen LogP contribution is -2.20. The predicted octanol–water partition coefficient (Wildman–Crippen LogP) is 11.0. The van der Waals surface area contributed by atoms with Gasteiger partial charge in [-0.25, -0.2) is 9.59 Å². The van der Waals surface area contributed by atoms with Gasteiger partial charge in [-0.05, 0) is 113 Å². The van der Waals surface area contributed by atoms with Crippen molar-refractivity contribution in [3.8, 4) is 11.5 Å². The molecule has 0 heterocycles. The zero-order valence-electron chi connectivity index (χ0n) is 33.8. The van der Waals surface area contributed by atoms with Gasteiger partial charge in [0.05, 0.1) is 0 Å². The summed E-state index contributed by atoms with van der Waals surface area (Å²) in [5.41, 5.74) is 6.09. The van der Waals surface area contributed by atoms with Gasteiger partial charge in [-0.1, -0.05) is 85.7 Å². The third kappa shape index (κ3) is 11.6. The van der Waals surface area contributed by atoms with E-state index in [0.29, 0.717) is 11.4 Å². The van der Waals surface area contributed by atoms with E-state index in [1.807, 2.05) is 24.3 Å². The number of anilines is 4. The summed E-state index contributed by atoms with van der Waals surface area (Å²) in [6.45, 7) is 16.6. The molecule has 14 heteroatoms. The maximum absolute atomic E-state index is 13.4.